The second kappa shape index (κ2) is 6.46. The second-order valence-electron chi connectivity index (χ2n) is 4.08. The summed E-state index contributed by atoms with van der Waals surface area (Å²) < 4.78 is 0. The van der Waals surface area contributed by atoms with Crippen LogP contribution >= 0.6 is 0 Å². The minimum atomic E-state index is 0.817. The largest absolute Gasteiger partial charge is 0.399 e. The maximum Gasteiger partial charge on any atom is 0.0346 e. The minimum Gasteiger partial charge on any atom is -0.399 e. The van der Waals surface area contributed by atoms with Gasteiger partial charge in [0.15, 0.2) is 0 Å². The molecule has 0 aliphatic carbocycles. The number of aryl methyl sites for hydroxylation is 1. The van der Waals surface area contributed by atoms with Crippen molar-refractivity contribution in [3.05, 3.63) is 29.3 Å². The summed E-state index contributed by atoms with van der Waals surface area (Å²) in [7, 11) is 0. The van der Waals surface area contributed by atoms with E-state index in [9.17, 15) is 0 Å². The van der Waals surface area contributed by atoms with Crippen molar-refractivity contribution in [2.45, 2.75) is 39.0 Å². The third-order valence-electron chi connectivity index (χ3n) is 2.89. The first-order valence-electron chi connectivity index (χ1n) is 5.79. The number of hydrogen-bond donors (Lipinski definition) is 2. The van der Waals surface area contributed by atoms with Crippen LogP contribution < -0.4 is 11.5 Å². The molecule has 84 valence electrons. The Morgan fingerprint density at radius 3 is 2.53 bits per heavy atom. The Bertz CT molecular complexity index is 295. The molecule has 0 heterocycles. The fraction of sp³-hybridized carbons (Fsp3) is 0.538. The number of nitrogens with two attached hydrogens (primary N) is 2. The normalized spacial score (nSPS) is 10.5. The molecule has 0 bridgehead atoms. The average molecular weight is 206 g/mol. The maximum absolute atomic E-state index is 5.86. The Balaban J connectivity index is 2.34. The van der Waals surface area contributed by atoms with Crippen LogP contribution in [-0.2, 0) is 6.42 Å². The molecule has 0 saturated carbocycles. The van der Waals surface area contributed by atoms with Crippen LogP contribution in [0.15, 0.2) is 18.2 Å². The molecule has 15 heavy (non-hydrogen) atoms. The van der Waals surface area contributed by atoms with Gasteiger partial charge in [-0.05, 0) is 49.9 Å². The Hall–Kier alpha value is -1.02. The number of nitrogen functional groups attached to an aromatic ring is 1. The molecule has 1 aromatic carbocycles. The van der Waals surface area contributed by atoms with E-state index in [1.165, 1.54) is 30.4 Å². The van der Waals surface area contributed by atoms with Gasteiger partial charge in [-0.15, -0.1) is 0 Å². The van der Waals surface area contributed by atoms with E-state index in [-0.39, 0.29) is 0 Å². The molecule has 2 heteroatoms. The summed E-state index contributed by atoms with van der Waals surface area (Å²) in [6, 6.07) is 6.18. The Morgan fingerprint density at radius 1 is 1.07 bits per heavy atom. The number of benzene rings is 1. The molecule has 0 unspecified atom stereocenters. The van der Waals surface area contributed by atoms with E-state index in [1.807, 2.05) is 12.1 Å². The molecule has 0 fully saturated rings. The van der Waals surface area contributed by atoms with Crippen molar-refractivity contribution < 1.29 is 0 Å². The van der Waals surface area contributed by atoms with Gasteiger partial charge in [0.1, 0.15) is 0 Å². The van der Waals surface area contributed by atoms with E-state index in [0.29, 0.717) is 0 Å². The van der Waals surface area contributed by atoms with Crippen molar-refractivity contribution in [3.8, 4) is 0 Å². The van der Waals surface area contributed by atoms with Crippen LogP contribution in [0.3, 0.4) is 0 Å². The van der Waals surface area contributed by atoms with Crippen LogP contribution in [0.1, 0.15) is 36.8 Å². The Kier molecular flexibility index (Phi) is 5.19. The maximum atomic E-state index is 5.86. The summed E-state index contributed by atoms with van der Waals surface area (Å²) in [5.74, 6) is 0. The van der Waals surface area contributed by atoms with Gasteiger partial charge in [-0.1, -0.05) is 25.0 Å². The van der Waals surface area contributed by atoms with Crippen LogP contribution in [-0.4, -0.2) is 6.54 Å². The van der Waals surface area contributed by atoms with Gasteiger partial charge in [-0.25, -0.2) is 0 Å². The van der Waals surface area contributed by atoms with Gasteiger partial charge in [0.25, 0.3) is 0 Å². The summed E-state index contributed by atoms with van der Waals surface area (Å²) >= 11 is 0. The predicted octanol–water partition coefficient (Wildman–Crippen LogP) is 2.64. The third kappa shape index (κ3) is 3.92. The molecule has 0 atom stereocenters. The summed E-state index contributed by atoms with van der Waals surface area (Å²) in [5.41, 5.74) is 14.9. The van der Waals surface area contributed by atoms with E-state index in [2.05, 4.69) is 13.0 Å². The van der Waals surface area contributed by atoms with Gasteiger partial charge in [0.2, 0.25) is 0 Å². The number of rotatable bonds is 6. The van der Waals surface area contributed by atoms with Gasteiger partial charge in [0.05, 0.1) is 0 Å². The lowest BCUT2D eigenvalue weighted by Gasteiger charge is -2.07. The molecule has 4 N–H and O–H groups in total. The molecular weight excluding hydrogens is 184 g/mol. The topological polar surface area (TPSA) is 52.0 Å². The summed E-state index contributed by atoms with van der Waals surface area (Å²) in [6.45, 7) is 2.92. The van der Waals surface area contributed by atoms with Crippen molar-refractivity contribution in [1.82, 2.24) is 0 Å². The zero-order valence-electron chi connectivity index (χ0n) is 9.63. The standard InChI is InChI=1S/C13H22N2/c1-11-12(8-6-9-13(11)15)7-4-2-3-5-10-14/h6,8-9H,2-5,7,10,14-15H2,1H3. The van der Waals surface area contributed by atoms with Crippen LogP contribution in [0.25, 0.3) is 0 Å². The molecule has 0 spiro atoms. The first kappa shape index (κ1) is 12.1. The molecule has 0 saturated heterocycles. The van der Waals surface area contributed by atoms with E-state index < -0.39 is 0 Å². The third-order valence-corrected chi connectivity index (χ3v) is 2.89. The van der Waals surface area contributed by atoms with Crippen molar-refractivity contribution in [2.24, 2.45) is 5.73 Å². The highest BCUT2D eigenvalue weighted by Crippen LogP contribution is 2.17. The molecule has 0 amide bonds. The molecule has 1 aromatic rings. The zero-order chi connectivity index (χ0) is 11.1. The predicted molar refractivity (Wildman–Crippen MR) is 66.8 cm³/mol. The molecule has 0 aliphatic heterocycles. The number of unbranched alkanes of at least 4 members (excludes halogenated alkanes) is 3. The fourth-order valence-corrected chi connectivity index (χ4v) is 1.79. The minimum absolute atomic E-state index is 0.817. The van der Waals surface area contributed by atoms with Crippen LogP contribution in [0, 0.1) is 6.92 Å². The van der Waals surface area contributed by atoms with E-state index >= 15 is 0 Å². The van der Waals surface area contributed by atoms with Crippen molar-refractivity contribution in [3.63, 3.8) is 0 Å². The van der Waals surface area contributed by atoms with Gasteiger partial charge < -0.3 is 11.5 Å². The summed E-state index contributed by atoms with van der Waals surface area (Å²) in [4.78, 5) is 0. The quantitative estimate of drug-likeness (QED) is 0.555. The lowest BCUT2D eigenvalue weighted by Crippen LogP contribution is -1.98. The molecule has 0 aromatic heterocycles. The monoisotopic (exact) mass is 206 g/mol. The smallest absolute Gasteiger partial charge is 0.0346 e. The first-order valence-corrected chi connectivity index (χ1v) is 5.79. The highest BCUT2D eigenvalue weighted by Gasteiger charge is 2.00. The molecule has 0 radical (unpaired) electrons. The highest BCUT2D eigenvalue weighted by molar-refractivity contribution is 5.49. The van der Waals surface area contributed by atoms with E-state index in [4.69, 9.17) is 11.5 Å². The highest BCUT2D eigenvalue weighted by atomic mass is 14.6. The number of anilines is 1. The number of hydrogen-bond acceptors (Lipinski definition) is 2. The van der Waals surface area contributed by atoms with Crippen LogP contribution in [0.4, 0.5) is 5.69 Å². The van der Waals surface area contributed by atoms with E-state index in [0.717, 1.165) is 25.1 Å². The Morgan fingerprint density at radius 2 is 1.80 bits per heavy atom. The van der Waals surface area contributed by atoms with Crippen molar-refractivity contribution in [2.75, 3.05) is 12.3 Å². The summed E-state index contributed by atoms with van der Waals surface area (Å²) in [5, 5.41) is 0. The van der Waals surface area contributed by atoms with Crippen molar-refractivity contribution >= 4 is 5.69 Å². The lowest BCUT2D eigenvalue weighted by molar-refractivity contribution is 0.646. The van der Waals surface area contributed by atoms with Gasteiger partial charge >= 0.3 is 0 Å². The van der Waals surface area contributed by atoms with Crippen molar-refractivity contribution in [1.29, 1.82) is 0 Å². The summed E-state index contributed by atoms with van der Waals surface area (Å²) in [6.07, 6.45) is 6.05. The lowest BCUT2D eigenvalue weighted by atomic mass is 10.0. The molecular formula is C13H22N2. The molecule has 0 aliphatic rings. The SMILES string of the molecule is Cc1c(N)cccc1CCCCCCN. The van der Waals surface area contributed by atoms with E-state index in [1.54, 1.807) is 0 Å². The van der Waals surface area contributed by atoms with Gasteiger partial charge in [-0.2, -0.15) is 0 Å². The van der Waals surface area contributed by atoms with Crippen LogP contribution in [0.2, 0.25) is 0 Å². The average Bonchev–Trinajstić information content (AvgIpc) is 2.24. The fourth-order valence-electron chi connectivity index (χ4n) is 1.79. The molecule has 1 rings (SSSR count). The van der Waals surface area contributed by atoms with Gasteiger partial charge in [0, 0.05) is 5.69 Å². The molecule has 2 nitrogen and oxygen atoms in total. The zero-order valence-corrected chi connectivity index (χ0v) is 9.63. The van der Waals surface area contributed by atoms with Crippen LogP contribution in [0.5, 0.6) is 0 Å². The Labute approximate surface area is 92.7 Å². The second-order valence-corrected chi connectivity index (χ2v) is 4.08. The first-order chi connectivity index (χ1) is 7.25. The van der Waals surface area contributed by atoms with Gasteiger partial charge in [-0.3, -0.25) is 0 Å².